The Morgan fingerprint density at radius 3 is 2.78 bits per heavy atom. The third-order valence-corrected chi connectivity index (χ3v) is 3.85. The number of nitrogens with zero attached hydrogens (tertiary/aromatic N) is 2. The van der Waals surface area contributed by atoms with Crippen molar-refractivity contribution in [3.05, 3.63) is 45.1 Å². The van der Waals surface area contributed by atoms with Gasteiger partial charge in [0.2, 0.25) is 0 Å². The van der Waals surface area contributed by atoms with Crippen LogP contribution in [-0.2, 0) is 6.54 Å². The van der Waals surface area contributed by atoms with E-state index in [2.05, 4.69) is 6.07 Å². The molecule has 0 amide bonds. The minimum atomic E-state index is 0.503. The van der Waals surface area contributed by atoms with Crippen LogP contribution in [0.15, 0.2) is 30.3 Å². The summed E-state index contributed by atoms with van der Waals surface area (Å²) in [5.74, 6) is 0. The number of halogens is 1. The Morgan fingerprint density at radius 2 is 2.17 bits per heavy atom. The van der Waals surface area contributed by atoms with E-state index < -0.39 is 0 Å². The molecule has 1 aromatic carbocycles. The van der Waals surface area contributed by atoms with Gasteiger partial charge in [0.05, 0.1) is 27.8 Å². The second kappa shape index (κ2) is 5.30. The first-order valence-electron chi connectivity index (χ1n) is 5.35. The van der Waals surface area contributed by atoms with Gasteiger partial charge in [-0.15, -0.1) is 11.3 Å². The van der Waals surface area contributed by atoms with E-state index in [1.165, 1.54) is 0 Å². The molecule has 92 valence electrons. The molecule has 0 spiro atoms. The molecule has 0 aliphatic heterocycles. The smallest absolute Gasteiger partial charge is 0.101 e. The Bertz CT molecular complexity index is 601. The van der Waals surface area contributed by atoms with Crippen LogP contribution in [0.2, 0.25) is 4.34 Å². The molecule has 0 radical (unpaired) electrons. The van der Waals surface area contributed by atoms with Crippen LogP contribution in [0.3, 0.4) is 0 Å². The molecule has 0 saturated carbocycles. The maximum absolute atomic E-state index is 8.95. The number of nitriles is 1. The second-order valence-corrected chi connectivity index (χ2v) is 5.71. The largest absolute Gasteiger partial charge is 0.396 e. The Kier molecular flexibility index (Phi) is 3.75. The molecule has 18 heavy (non-hydrogen) atoms. The summed E-state index contributed by atoms with van der Waals surface area (Å²) in [6.45, 7) is 0.719. The van der Waals surface area contributed by atoms with Gasteiger partial charge in [-0.2, -0.15) is 5.26 Å². The number of para-hydroxylation sites is 1. The average molecular weight is 278 g/mol. The lowest BCUT2D eigenvalue weighted by Crippen LogP contribution is -2.17. The lowest BCUT2D eigenvalue weighted by Gasteiger charge is -2.20. The van der Waals surface area contributed by atoms with Gasteiger partial charge < -0.3 is 10.6 Å². The fourth-order valence-electron chi connectivity index (χ4n) is 1.74. The second-order valence-electron chi connectivity index (χ2n) is 3.91. The van der Waals surface area contributed by atoms with Gasteiger partial charge in [-0.05, 0) is 24.3 Å². The van der Waals surface area contributed by atoms with E-state index >= 15 is 0 Å². The van der Waals surface area contributed by atoms with Gasteiger partial charge in [-0.3, -0.25) is 0 Å². The van der Waals surface area contributed by atoms with Gasteiger partial charge in [-0.1, -0.05) is 17.7 Å². The van der Waals surface area contributed by atoms with Gasteiger partial charge in [-0.25, -0.2) is 0 Å². The maximum atomic E-state index is 8.95. The van der Waals surface area contributed by atoms with Crippen LogP contribution in [0.25, 0.3) is 0 Å². The maximum Gasteiger partial charge on any atom is 0.101 e. The topological polar surface area (TPSA) is 53.0 Å². The molecule has 1 aromatic heterocycles. The van der Waals surface area contributed by atoms with E-state index in [0.717, 1.165) is 21.4 Å². The number of benzene rings is 1. The van der Waals surface area contributed by atoms with E-state index in [1.807, 2.05) is 36.2 Å². The summed E-state index contributed by atoms with van der Waals surface area (Å²) < 4.78 is 0.775. The number of anilines is 2. The minimum Gasteiger partial charge on any atom is -0.396 e. The van der Waals surface area contributed by atoms with Crippen LogP contribution in [0.4, 0.5) is 11.4 Å². The zero-order chi connectivity index (χ0) is 13.1. The van der Waals surface area contributed by atoms with Crippen LogP contribution in [0, 0.1) is 11.3 Å². The number of hydrogen-bond acceptors (Lipinski definition) is 4. The van der Waals surface area contributed by atoms with E-state index in [1.54, 1.807) is 17.4 Å². The van der Waals surface area contributed by atoms with E-state index in [-0.39, 0.29) is 0 Å². The first-order valence-corrected chi connectivity index (χ1v) is 6.55. The third kappa shape index (κ3) is 2.58. The highest BCUT2D eigenvalue weighted by molar-refractivity contribution is 7.16. The number of hydrogen-bond donors (Lipinski definition) is 1. The van der Waals surface area contributed by atoms with Crippen LogP contribution < -0.4 is 10.6 Å². The zero-order valence-corrected chi connectivity index (χ0v) is 11.4. The van der Waals surface area contributed by atoms with Crippen molar-refractivity contribution in [1.82, 2.24) is 0 Å². The summed E-state index contributed by atoms with van der Waals surface area (Å²) >= 11 is 7.45. The lowest BCUT2D eigenvalue weighted by atomic mass is 10.1. The summed E-state index contributed by atoms with van der Waals surface area (Å²) in [5.41, 5.74) is 7.85. The normalized spacial score (nSPS) is 10.1. The SMILES string of the molecule is CN(Cc1ccc(Cl)s1)c1cccc(C#N)c1N. The predicted octanol–water partition coefficient (Wildman–Crippen LogP) is 3.49. The number of nitrogen functional groups attached to an aromatic ring is 1. The van der Waals surface area contributed by atoms with Crippen molar-refractivity contribution in [1.29, 1.82) is 5.26 Å². The fraction of sp³-hybridized carbons (Fsp3) is 0.154. The highest BCUT2D eigenvalue weighted by Gasteiger charge is 2.10. The van der Waals surface area contributed by atoms with E-state index in [0.29, 0.717) is 11.3 Å². The Hall–Kier alpha value is -1.70. The molecular formula is C13H12ClN3S. The molecular weight excluding hydrogens is 266 g/mol. The molecule has 0 fully saturated rings. The van der Waals surface area contributed by atoms with E-state index in [9.17, 15) is 0 Å². The molecule has 5 heteroatoms. The Morgan fingerprint density at radius 1 is 1.39 bits per heavy atom. The number of rotatable bonds is 3. The fourth-order valence-corrected chi connectivity index (χ4v) is 2.88. The van der Waals surface area contributed by atoms with Crippen LogP contribution in [0.5, 0.6) is 0 Å². The molecule has 2 aromatic rings. The van der Waals surface area contributed by atoms with Crippen LogP contribution in [0.1, 0.15) is 10.4 Å². The standard InChI is InChI=1S/C13H12ClN3S/c1-17(8-10-5-6-12(14)18-10)11-4-2-3-9(7-15)13(11)16/h2-6H,8,16H2,1H3. The molecule has 3 nitrogen and oxygen atoms in total. The highest BCUT2D eigenvalue weighted by atomic mass is 35.5. The molecule has 1 heterocycles. The first kappa shape index (κ1) is 12.7. The molecule has 2 N–H and O–H groups in total. The average Bonchev–Trinajstić information content (AvgIpc) is 2.75. The summed E-state index contributed by atoms with van der Waals surface area (Å²) in [6, 6.07) is 11.4. The van der Waals surface area contributed by atoms with Crippen LogP contribution in [-0.4, -0.2) is 7.05 Å². The number of nitrogens with two attached hydrogens (primary N) is 1. The monoisotopic (exact) mass is 277 g/mol. The van der Waals surface area contributed by atoms with Gasteiger partial charge in [0.25, 0.3) is 0 Å². The Balaban J connectivity index is 2.24. The molecule has 0 unspecified atom stereocenters. The summed E-state index contributed by atoms with van der Waals surface area (Å²) in [7, 11) is 1.94. The molecule has 0 aliphatic rings. The van der Waals surface area contributed by atoms with Crippen molar-refractivity contribution in [2.75, 3.05) is 17.7 Å². The summed E-state index contributed by atoms with van der Waals surface area (Å²) in [6.07, 6.45) is 0. The third-order valence-electron chi connectivity index (χ3n) is 2.64. The minimum absolute atomic E-state index is 0.503. The molecule has 2 rings (SSSR count). The van der Waals surface area contributed by atoms with Crippen molar-refractivity contribution in [2.45, 2.75) is 6.54 Å². The summed E-state index contributed by atoms with van der Waals surface area (Å²) in [4.78, 5) is 3.17. The molecule has 0 atom stereocenters. The van der Waals surface area contributed by atoms with Crippen molar-refractivity contribution in [3.63, 3.8) is 0 Å². The Labute approximate surface area is 115 Å². The van der Waals surface area contributed by atoms with Gasteiger partial charge in [0, 0.05) is 11.9 Å². The predicted molar refractivity (Wildman–Crippen MR) is 77.0 cm³/mol. The molecule has 0 saturated heterocycles. The first-order chi connectivity index (χ1) is 8.61. The zero-order valence-electron chi connectivity index (χ0n) is 9.85. The lowest BCUT2D eigenvalue weighted by molar-refractivity contribution is 0.942. The van der Waals surface area contributed by atoms with Gasteiger partial charge in [0.15, 0.2) is 0 Å². The van der Waals surface area contributed by atoms with Crippen molar-refractivity contribution in [3.8, 4) is 6.07 Å². The summed E-state index contributed by atoms with van der Waals surface area (Å²) in [5, 5.41) is 8.95. The molecule has 0 aliphatic carbocycles. The van der Waals surface area contributed by atoms with Crippen LogP contribution >= 0.6 is 22.9 Å². The van der Waals surface area contributed by atoms with Gasteiger partial charge in [0.1, 0.15) is 6.07 Å². The highest BCUT2D eigenvalue weighted by Crippen LogP contribution is 2.28. The van der Waals surface area contributed by atoms with Crippen molar-refractivity contribution in [2.24, 2.45) is 0 Å². The number of thiophene rings is 1. The van der Waals surface area contributed by atoms with Crippen molar-refractivity contribution >= 4 is 34.3 Å². The van der Waals surface area contributed by atoms with E-state index in [4.69, 9.17) is 22.6 Å². The van der Waals surface area contributed by atoms with Crippen molar-refractivity contribution < 1.29 is 0 Å². The van der Waals surface area contributed by atoms with Gasteiger partial charge >= 0.3 is 0 Å². The molecule has 0 bridgehead atoms. The quantitative estimate of drug-likeness (QED) is 0.874.